The fraction of sp³-hybridized carbons (Fsp3) is 0.304. The summed E-state index contributed by atoms with van der Waals surface area (Å²) in [7, 11) is 0. The maximum atomic E-state index is 13.3. The van der Waals surface area contributed by atoms with E-state index in [1.54, 1.807) is 0 Å². The number of quaternary nitrogens is 1. The fourth-order valence-electron chi connectivity index (χ4n) is 4.37. The molecule has 2 aromatic heterocycles. The topological polar surface area (TPSA) is 90.1 Å². The maximum absolute atomic E-state index is 13.3. The Balaban J connectivity index is 1.63. The normalized spacial score (nSPS) is 15.9. The first-order valence-corrected chi connectivity index (χ1v) is 10.6. The highest BCUT2D eigenvalue weighted by atomic mass is 16.5. The lowest BCUT2D eigenvalue weighted by molar-refractivity contribution is -0.933. The number of fused-ring (bicyclic) bond motifs is 1. The summed E-state index contributed by atoms with van der Waals surface area (Å²) in [4.78, 5) is 17.6. The number of aryl methyl sites for hydroxylation is 1. The third-order valence-electron chi connectivity index (χ3n) is 5.96. The molecule has 1 saturated heterocycles. The molecular formula is C23H25N6O2+. The molecule has 0 radical (unpaired) electrons. The van der Waals surface area contributed by atoms with Crippen molar-refractivity contribution in [3.63, 3.8) is 0 Å². The van der Waals surface area contributed by atoms with E-state index in [0.29, 0.717) is 31.1 Å². The fourth-order valence-corrected chi connectivity index (χ4v) is 4.37. The van der Waals surface area contributed by atoms with Gasteiger partial charge in [0.15, 0.2) is 6.04 Å². The molecule has 1 fully saturated rings. The zero-order valence-electron chi connectivity index (χ0n) is 17.4. The van der Waals surface area contributed by atoms with Crippen LogP contribution < -0.4 is 10.5 Å². The molecule has 1 aliphatic heterocycles. The molecule has 1 aliphatic rings. The molecule has 1 atom stereocenters. The van der Waals surface area contributed by atoms with Crippen LogP contribution in [0.25, 0.3) is 10.9 Å². The number of rotatable bonds is 5. The number of H-pyrrole nitrogens is 1. The van der Waals surface area contributed by atoms with E-state index in [1.165, 1.54) is 4.90 Å². The average molecular weight is 417 g/mol. The van der Waals surface area contributed by atoms with Crippen LogP contribution in [-0.4, -0.2) is 51.5 Å². The van der Waals surface area contributed by atoms with Crippen molar-refractivity contribution in [3.8, 4) is 0 Å². The first-order valence-electron chi connectivity index (χ1n) is 10.6. The Kier molecular flexibility index (Phi) is 5.31. The zero-order chi connectivity index (χ0) is 21.2. The van der Waals surface area contributed by atoms with E-state index in [4.69, 9.17) is 4.74 Å². The van der Waals surface area contributed by atoms with Crippen LogP contribution in [0.1, 0.15) is 28.6 Å². The number of para-hydroxylation sites is 1. The molecule has 8 nitrogen and oxygen atoms in total. The van der Waals surface area contributed by atoms with Gasteiger partial charge in [0.1, 0.15) is 13.1 Å². The van der Waals surface area contributed by atoms with Gasteiger partial charge >= 0.3 is 0 Å². The number of aromatic nitrogens is 5. The lowest BCUT2D eigenvalue weighted by Crippen LogP contribution is -3.14. The third-order valence-corrected chi connectivity index (χ3v) is 5.96. The van der Waals surface area contributed by atoms with Gasteiger partial charge in [0.2, 0.25) is 5.82 Å². The molecule has 2 N–H and O–H groups in total. The average Bonchev–Trinajstić information content (AvgIpc) is 3.24. The van der Waals surface area contributed by atoms with Crippen molar-refractivity contribution in [3.05, 3.63) is 87.5 Å². The minimum Gasteiger partial charge on any atom is -0.370 e. The number of nitrogens with one attached hydrogen (secondary N) is 2. The van der Waals surface area contributed by atoms with Crippen molar-refractivity contribution in [2.75, 3.05) is 26.3 Å². The van der Waals surface area contributed by atoms with Crippen LogP contribution in [-0.2, 0) is 11.3 Å². The van der Waals surface area contributed by atoms with Gasteiger partial charge in [0, 0.05) is 0 Å². The molecule has 4 aromatic rings. The van der Waals surface area contributed by atoms with E-state index >= 15 is 0 Å². The van der Waals surface area contributed by atoms with Crippen molar-refractivity contribution in [1.29, 1.82) is 0 Å². The predicted molar refractivity (Wildman–Crippen MR) is 116 cm³/mol. The van der Waals surface area contributed by atoms with E-state index in [9.17, 15) is 4.79 Å². The van der Waals surface area contributed by atoms with Crippen LogP contribution in [0.2, 0.25) is 0 Å². The molecular weight excluding hydrogens is 392 g/mol. The monoisotopic (exact) mass is 417 g/mol. The molecule has 0 amide bonds. The van der Waals surface area contributed by atoms with Gasteiger partial charge in [-0.2, -0.15) is 0 Å². The minimum absolute atomic E-state index is 0.0972. The lowest BCUT2D eigenvalue weighted by atomic mass is 10.0. The van der Waals surface area contributed by atoms with Crippen LogP contribution >= 0.6 is 0 Å². The van der Waals surface area contributed by atoms with Crippen molar-refractivity contribution < 1.29 is 9.64 Å². The number of benzene rings is 2. The molecule has 0 bridgehead atoms. The second-order valence-electron chi connectivity index (χ2n) is 7.98. The molecule has 3 heterocycles. The lowest BCUT2D eigenvalue weighted by Gasteiger charge is -2.30. The first-order chi connectivity index (χ1) is 15.2. The van der Waals surface area contributed by atoms with Gasteiger partial charge in [-0.25, -0.2) is 4.68 Å². The van der Waals surface area contributed by atoms with Gasteiger partial charge in [-0.1, -0.05) is 48.5 Å². The number of nitrogens with zero attached hydrogens (tertiary/aromatic N) is 4. The first kappa shape index (κ1) is 19.6. The van der Waals surface area contributed by atoms with Gasteiger partial charge in [0.05, 0.1) is 30.8 Å². The van der Waals surface area contributed by atoms with Gasteiger partial charge in [-0.3, -0.25) is 4.79 Å². The summed E-state index contributed by atoms with van der Waals surface area (Å²) < 4.78 is 7.39. The molecule has 2 aromatic carbocycles. The van der Waals surface area contributed by atoms with Crippen LogP contribution in [0, 0.1) is 6.92 Å². The smallest absolute Gasteiger partial charge is 0.258 e. The summed E-state index contributed by atoms with van der Waals surface area (Å²) in [6.07, 6.45) is 0. The van der Waals surface area contributed by atoms with Gasteiger partial charge in [0.25, 0.3) is 5.56 Å². The number of ether oxygens (including phenoxy) is 1. The number of hydrogen-bond donors (Lipinski definition) is 2. The maximum Gasteiger partial charge on any atom is 0.258 e. The van der Waals surface area contributed by atoms with Gasteiger partial charge in [-0.05, 0) is 39.9 Å². The highest BCUT2D eigenvalue weighted by molar-refractivity contribution is 5.82. The summed E-state index contributed by atoms with van der Waals surface area (Å²) in [5.41, 5.74) is 3.61. The van der Waals surface area contributed by atoms with E-state index in [1.807, 2.05) is 66.2 Å². The predicted octanol–water partition coefficient (Wildman–Crippen LogP) is 0.876. The molecule has 31 heavy (non-hydrogen) atoms. The second kappa shape index (κ2) is 8.41. The van der Waals surface area contributed by atoms with Crippen molar-refractivity contribution in [2.24, 2.45) is 0 Å². The van der Waals surface area contributed by atoms with Crippen molar-refractivity contribution in [2.45, 2.75) is 19.5 Å². The number of pyridine rings is 1. The largest absolute Gasteiger partial charge is 0.370 e. The number of hydrogen-bond acceptors (Lipinski definition) is 5. The molecule has 8 heteroatoms. The zero-order valence-corrected chi connectivity index (χ0v) is 17.4. The molecule has 0 spiro atoms. The Labute approximate surface area is 179 Å². The van der Waals surface area contributed by atoms with Gasteiger partial charge in [-0.15, -0.1) is 5.10 Å². The Morgan fingerprint density at radius 1 is 1.13 bits per heavy atom. The summed E-state index contributed by atoms with van der Waals surface area (Å²) in [6, 6.07) is 17.8. The second-order valence-corrected chi connectivity index (χ2v) is 7.98. The van der Waals surface area contributed by atoms with Crippen LogP contribution in [0.3, 0.4) is 0 Å². The molecule has 158 valence electrons. The SMILES string of the molecule is Cc1cccc2cc([C@@H](c3nnnn3Cc3ccccc3)[NH+]3CCOCC3)c(=O)[nH]c12. The van der Waals surface area contributed by atoms with Crippen LogP contribution in [0.4, 0.5) is 0 Å². The van der Waals surface area contributed by atoms with Crippen LogP contribution in [0.5, 0.6) is 0 Å². The third kappa shape index (κ3) is 3.87. The Hall–Kier alpha value is -3.36. The van der Waals surface area contributed by atoms with Gasteiger partial charge < -0.3 is 14.6 Å². The summed E-state index contributed by atoms with van der Waals surface area (Å²) in [5.74, 6) is 0.693. The Bertz CT molecular complexity index is 1240. The number of aromatic amines is 1. The quantitative estimate of drug-likeness (QED) is 0.503. The molecule has 0 unspecified atom stereocenters. The van der Waals surface area contributed by atoms with Crippen molar-refractivity contribution >= 4 is 10.9 Å². The molecule has 0 aliphatic carbocycles. The minimum atomic E-state index is -0.281. The Morgan fingerprint density at radius 3 is 2.74 bits per heavy atom. The molecule has 0 saturated carbocycles. The van der Waals surface area contributed by atoms with E-state index in [2.05, 4.69) is 20.5 Å². The van der Waals surface area contributed by atoms with E-state index in [0.717, 1.165) is 35.1 Å². The van der Waals surface area contributed by atoms with Crippen molar-refractivity contribution in [1.82, 2.24) is 25.2 Å². The molecule has 5 rings (SSSR count). The number of morpholine rings is 1. The summed E-state index contributed by atoms with van der Waals surface area (Å²) in [5, 5.41) is 13.6. The summed E-state index contributed by atoms with van der Waals surface area (Å²) in [6.45, 7) is 5.42. The van der Waals surface area contributed by atoms with Crippen LogP contribution in [0.15, 0.2) is 59.4 Å². The Morgan fingerprint density at radius 2 is 1.94 bits per heavy atom. The highest BCUT2D eigenvalue weighted by Gasteiger charge is 2.35. The standard InChI is InChI=1S/C23H24N6O2/c1-16-6-5-9-18-14-19(23(30)24-20(16)18)21(28-10-12-31-13-11-28)22-25-26-27-29(22)15-17-7-3-2-4-8-17/h2-9,14,21H,10-13,15H2,1H3,(H,24,30)/p+1/t21-/m0/s1. The van der Waals surface area contributed by atoms with E-state index < -0.39 is 0 Å². The highest BCUT2D eigenvalue weighted by Crippen LogP contribution is 2.21. The number of tetrazole rings is 1. The summed E-state index contributed by atoms with van der Waals surface area (Å²) >= 11 is 0. The van der Waals surface area contributed by atoms with E-state index in [-0.39, 0.29) is 11.6 Å².